The summed E-state index contributed by atoms with van der Waals surface area (Å²) in [7, 11) is -4.25. The molecule has 29 heavy (non-hydrogen) atoms. The molecule has 0 saturated carbocycles. The average Bonchev–Trinajstić information content (AvgIpc) is 3.35. The Hall–Kier alpha value is -1.93. The Balaban J connectivity index is 1.58. The first-order valence-corrected chi connectivity index (χ1v) is 11.9. The second-order valence-electron chi connectivity index (χ2n) is 7.29. The first-order valence-electron chi connectivity index (χ1n) is 9.20. The lowest BCUT2D eigenvalue weighted by Gasteiger charge is -2.32. The topological polar surface area (TPSA) is 98.1 Å². The largest absolute Gasteiger partial charge is 0.382 e. The molecule has 2 aliphatic heterocycles. The van der Waals surface area contributed by atoms with Gasteiger partial charge in [0.15, 0.2) is 5.13 Å². The Bertz CT molecular complexity index is 1070. The van der Waals surface area contributed by atoms with Gasteiger partial charge in [0.25, 0.3) is 10.0 Å². The molecule has 2 fully saturated rings. The van der Waals surface area contributed by atoms with Crippen molar-refractivity contribution in [3.8, 4) is 6.07 Å². The monoisotopic (exact) mass is 455 g/mol. The van der Waals surface area contributed by atoms with Gasteiger partial charge in [-0.05, 0) is 50.9 Å². The summed E-state index contributed by atoms with van der Waals surface area (Å²) in [6.45, 7) is 2.72. The highest BCUT2D eigenvalue weighted by molar-refractivity contribution is 7.93. The maximum absolute atomic E-state index is 14.7. The van der Waals surface area contributed by atoms with Crippen molar-refractivity contribution in [2.75, 3.05) is 29.7 Å². The lowest BCUT2D eigenvalue weighted by molar-refractivity contribution is 0.209. The van der Waals surface area contributed by atoms with Crippen LogP contribution in [0.4, 0.5) is 15.2 Å². The molecule has 2 aromatic rings. The molecule has 1 aromatic heterocycles. The van der Waals surface area contributed by atoms with Crippen LogP contribution >= 0.6 is 22.9 Å². The lowest BCUT2D eigenvalue weighted by Crippen LogP contribution is -2.44. The molecule has 1 aromatic carbocycles. The molecule has 0 spiro atoms. The number of thiazole rings is 1. The Morgan fingerprint density at radius 3 is 2.69 bits per heavy atom. The van der Waals surface area contributed by atoms with Crippen LogP contribution in [-0.4, -0.2) is 43.5 Å². The zero-order valence-electron chi connectivity index (χ0n) is 15.4. The second kappa shape index (κ2) is 7.72. The van der Waals surface area contributed by atoms with Gasteiger partial charge in [0.05, 0.1) is 17.4 Å². The molecule has 3 heterocycles. The van der Waals surface area contributed by atoms with Crippen LogP contribution in [0.25, 0.3) is 0 Å². The van der Waals surface area contributed by atoms with E-state index in [1.165, 1.54) is 6.20 Å². The van der Waals surface area contributed by atoms with Crippen molar-refractivity contribution in [2.45, 2.75) is 36.1 Å². The summed E-state index contributed by atoms with van der Waals surface area (Å²) in [5, 5.41) is 12.7. The molecule has 11 heteroatoms. The molecular weight excluding hydrogens is 437 g/mol. The van der Waals surface area contributed by atoms with Gasteiger partial charge in [-0.15, -0.1) is 0 Å². The minimum Gasteiger partial charge on any atom is -0.382 e. The number of benzene rings is 1. The number of aromatic nitrogens is 1. The van der Waals surface area contributed by atoms with Gasteiger partial charge in [0.2, 0.25) is 0 Å². The fourth-order valence-corrected chi connectivity index (χ4v) is 6.38. The van der Waals surface area contributed by atoms with Crippen LogP contribution in [0.1, 0.15) is 31.2 Å². The predicted molar refractivity (Wildman–Crippen MR) is 110 cm³/mol. The van der Waals surface area contributed by atoms with Crippen molar-refractivity contribution < 1.29 is 12.8 Å². The Morgan fingerprint density at radius 1 is 1.34 bits per heavy atom. The third-order valence-electron chi connectivity index (χ3n) is 5.60. The van der Waals surface area contributed by atoms with Crippen molar-refractivity contribution in [1.29, 1.82) is 5.26 Å². The number of halogens is 2. The molecule has 0 bridgehead atoms. The molecule has 154 valence electrons. The zero-order valence-corrected chi connectivity index (χ0v) is 17.8. The third-order valence-corrected chi connectivity index (χ3v) is 8.11. The van der Waals surface area contributed by atoms with Gasteiger partial charge in [0.1, 0.15) is 21.1 Å². The summed E-state index contributed by atoms with van der Waals surface area (Å²) >= 11 is 6.67. The van der Waals surface area contributed by atoms with Gasteiger partial charge in [-0.25, -0.2) is 17.8 Å². The number of nitriles is 1. The first-order chi connectivity index (χ1) is 13.8. The maximum Gasteiger partial charge on any atom is 0.266 e. The molecule has 0 amide bonds. The normalized spacial score (nSPS) is 18.4. The summed E-state index contributed by atoms with van der Waals surface area (Å²) < 4.78 is 42.3. The molecule has 2 aliphatic rings. The van der Waals surface area contributed by atoms with E-state index in [2.05, 4.69) is 19.9 Å². The van der Waals surface area contributed by atoms with Gasteiger partial charge in [-0.3, -0.25) is 9.62 Å². The molecule has 2 saturated heterocycles. The fraction of sp³-hybridized carbons (Fsp3) is 0.444. The van der Waals surface area contributed by atoms with E-state index in [-0.39, 0.29) is 16.2 Å². The van der Waals surface area contributed by atoms with Gasteiger partial charge in [-0.2, -0.15) is 5.26 Å². The Morgan fingerprint density at radius 2 is 2.07 bits per heavy atom. The third kappa shape index (κ3) is 3.92. The summed E-state index contributed by atoms with van der Waals surface area (Å²) in [6, 6.07) is 4.09. The number of hydrogen-bond acceptors (Lipinski definition) is 7. The Labute approximate surface area is 177 Å². The van der Waals surface area contributed by atoms with Gasteiger partial charge in [-0.1, -0.05) is 22.9 Å². The molecule has 0 aliphatic carbocycles. The van der Waals surface area contributed by atoms with Crippen LogP contribution in [0.3, 0.4) is 0 Å². The molecule has 0 atom stereocenters. The fourth-order valence-electron chi connectivity index (χ4n) is 4.24. The summed E-state index contributed by atoms with van der Waals surface area (Å²) in [5.74, 6) is -0.936. The molecule has 0 unspecified atom stereocenters. The molecule has 7 nitrogen and oxygen atoms in total. The number of anilines is 2. The van der Waals surface area contributed by atoms with E-state index in [9.17, 15) is 18.1 Å². The van der Waals surface area contributed by atoms with Crippen LogP contribution in [0.15, 0.2) is 23.2 Å². The summed E-state index contributed by atoms with van der Waals surface area (Å²) in [5.41, 5.74) is 0.414. The van der Waals surface area contributed by atoms with Crippen LogP contribution in [0.2, 0.25) is 4.34 Å². The number of rotatable bonds is 6. The van der Waals surface area contributed by atoms with Crippen LogP contribution < -0.4 is 10.0 Å². The molecule has 0 radical (unpaired) electrons. The second-order valence-corrected chi connectivity index (χ2v) is 10.6. The number of sulfonamides is 1. The van der Waals surface area contributed by atoms with Crippen molar-refractivity contribution in [3.05, 3.63) is 34.0 Å². The Kier molecular flexibility index (Phi) is 5.42. The quantitative estimate of drug-likeness (QED) is 0.689. The van der Waals surface area contributed by atoms with Gasteiger partial charge in [0, 0.05) is 12.1 Å². The standard InChI is InChI=1S/C18H19ClFN5O2S2/c19-16-10-22-17(28-16)24-29(26,27)15-7-12(9-21)14(8-13(15)20)23-11-18-3-1-5-25(18)6-2-4-18/h7-8,10,23H,1-6,11H2,(H,22,24). The first kappa shape index (κ1) is 20.3. The van der Waals surface area contributed by atoms with E-state index >= 15 is 0 Å². The van der Waals surface area contributed by atoms with E-state index in [1.54, 1.807) is 0 Å². The van der Waals surface area contributed by atoms with E-state index in [4.69, 9.17) is 11.6 Å². The number of fused-ring (bicyclic) bond motifs is 1. The van der Waals surface area contributed by atoms with Crippen molar-refractivity contribution in [3.63, 3.8) is 0 Å². The minimum absolute atomic E-state index is 0.0248. The lowest BCUT2D eigenvalue weighted by atomic mass is 9.94. The zero-order chi connectivity index (χ0) is 20.6. The smallest absolute Gasteiger partial charge is 0.266 e. The predicted octanol–water partition coefficient (Wildman–Crippen LogP) is 3.65. The van der Waals surface area contributed by atoms with Crippen LogP contribution in [-0.2, 0) is 10.0 Å². The van der Waals surface area contributed by atoms with E-state index < -0.39 is 20.7 Å². The summed E-state index contributed by atoms with van der Waals surface area (Å²) in [4.78, 5) is 5.66. The molecule has 2 N–H and O–H groups in total. The van der Waals surface area contributed by atoms with Gasteiger partial charge < -0.3 is 5.32 Å². The van der Waals surface area contributed by atoms with Crippen LogP contribution in [0, 0.1) is 17.1 Å². The number of hydrogen-bond donors (Lipinski definition) is 2. The highest BCUT2D eigenvalue weighted by atomic mass is 35.5. The molecular formula is C18H19ClFN5O2S2. The molecule has 4 rings (SSSR count). The highest BCUT2D eigenvalue weighted by Crippen LogP contribution is 2.39. The van der Waals surface area contributed by atoms with E-state index in [0.717, 1.165) is 62.2 Å². The number of nitrogens with zero attached hydrogens (tertiary/aromatic N) is 3. The van der Waals surface area contributed by atoms with Crippen molar-refractivity contribution in [2.24, 2.45) is 0 Å². The minimum atomic E-state index is -4.25. The van der Waals surface area contributed by atoms with Crippen molar-refractivity contribution >= 4 is 43.8 Å². The number of nitrogens with one attached hydrogen (secondary N) is 2. The van der Waals surface area contributed by atoms with E-state index in [1.807, 2.05) is 6.07 Å². The van der Waals surface area contributed by atoms with Crippen LogP contribution in [0.5, 0.6) is 0 Å². The van der Waals surface area contributed by atoms with E-state index in [0.29, 0.717) is 16.6 Å². The average molecular weight is 456 g/mol. The maximum atomic E-state index is 14.7. The van der Waals surface area contributed by atoms with Gasteiger partial charge >= 0.3 is 0 Å². The SMILES string of the molecule is N#Cc1cc(S(=O)(=O)Nc2ncc(Cl)s2)c(F)cc1NCC12CCCN1CCC2. The van der Waals surface area contributed by atoms with Crippen molar-refractivity contribution in [1.82, 2.24) is 9.88 Å². The summed E-state index contributed by atoms with van der Waals surface area (Å²) in [6.07, 6.45) is 5.69. The highest BCUT2D eigenvalue weighted by Gasteiger charge is 2.43.